The van der Waals surface area contributed by atoms with Crippen molar-refractivity contribution in [3.8, 4) is 0 Å². The highest BCUT2D eigenvalue weighted by Crippen LogP contribution is 2.23. The summed E-state index contributed by atoms with van der Waals surface area (Å²) in [7, 11) is -3.21. The van der Waals surface area contributed by atoms with Gasteiger partial charge in [0.2, 0.25) is 0 Å². The number of thiophene rings is 1. The monoisotopic (exact) mass is 282 g/mol. The van der Waals surface area contributed by atoms with Crippen LogP contribution in [-0.2, 0) is 16.4 Å². The third-order valence-electron chi connectivity index (χ3n) is 2.51. The molecule has 0 aliphatic heterocycles. The van der Waals surface area contributed by atoms with Crippen molar-refractivity contribution in [2.45, 2.75) is 11.4 Å². The Morgan fingerprint density at radius 3 is 2.67 bits per heavy atom. The van der Waals surface area contributed by atoms with E-state index in [1.165, 1.54) is 17.9 Å². The lowest BCUT2D eigenvalue weighted by Crippen LogP contribution is -2.04. The van der Waals surface area contributed by atoms with E-state index in [1.807, 2.05) is 16.8 Å². The fraction of sp³-hybridized carbons (Fsp3) is 0.167. The lowest BCUT2D eigenvalue weighted by Gasteiger charge is -2.09. The maximum atomic E-state index is 11.4. The first-order valence-corrected chi connectivity index (χ1v) is 8.15. The summed E-state index contributed by atoms with van der Waals surface area (Å²) < 4.78 is 22.7. The highest BCUT2D eigenvalue weighted by molar-refractivity contribution is 7.90. The molecule has 18 heavy (non-hydrogen) atoms. The van der Waals surface area contributed by atoms with Gasteiger partial charge in [0.25, 0.3) is 0 Å². The zero-order valence-corrected chi connectivity index (χ0v) is 11.5. The third kappa shape index (κ3) is 3.02. The van der Waals surface area contributed by atoms with Gasteiger partial charge in [-0.3, -0.25) is 0 Å². The van der Waals surface area contributed by atoms with Gasteiger partial charge in [-0.15, -0.1) is 0 Å². The smallest absolute Gasteiger partial charge is 0.175 e. The second kappa shape index (κ2) is 4.99. The average Bonchev–Trinajstić information content (AvgIpc) is 2.79. The molecule has 2 rings (SSSR count). The standard InChI is InChI=1S/C12H14N2O2S2/c1-18(15,16)10-2-3-12(11(13)6-10)14-7-9-4-5-17-8-9/h2-6,8,14H,7,13H2,1H3. The molecule has 0 atom stereocenters. The maximum absolute atomic E-state index is 11.4. The van der Waals surface area contributed by atoms with Crippen LogP contribution >= 0.6 is 11.3 Å². The largest absolute Gasteiger partial charge is 0.397 e. The Morgan fingerprint density at radius 2 is 2.11 bits per heavy atom. The van der Waals surface area contributed by atoms with Gasteiger partial charge in [0.05, 0.1) is 16.3 Å². The van der Waals surface area contributed by atoms with Crippen molar-refractivity contribution in [3.63, 3.8) is 0 Å². The molecule has 4 nitrogen and oxygen atoms in total. The van der Waals surface area contributed by atoms with E-state index < -0.39 is 9.84 Å². The van der Waals surface area contributed by atoms with Crippen molar-refractivity contribution >= 4 is 32.5 Å². The first kappa shape index (κ1) is 12.9. The van der Waals surface area contributed by atoms with Crippen molar-refractivity contribution in [2.24, 2.45) is 0 Å². The SMILES string of the molecule is CS(=O)(=O)c1ccc(NCc2ccsc2)c(N)c1. The molecule has 0 aliphatic rings. The first-order chi connectivity index (χ1) is 8.47. The molecule has 0 saturated carbocycles. The van der Waals surface area contributed by atoms with Crippen molar-refractivity contribution in [3.05, 3.63) is 40.6 Å². The van der Waals surface area contributed by atoms with Gasteiger partial charge >= 0.3 is 0 Å². The number of rotatable bonds is 4. The van der Waals surface area contributed by atoms with Crippen LogP contribution in [0.15, 0.2) is 39.9 Å². The Balaban J connectivity index is 2.15. The normalized spacial score (nSPS) is 11.4. The number of nitrogens with one attached hydrogen (secondary N) is 1. The van der Waals surface area contributed by atoms with E-state index in [-0.39, 0.29) is 4.90 Å². The van der Waals surface area contributed by atoms with Gasteiger partial charge in [0, 0.05) is 12.8 Å². The molecule has 1 heterocycles. The zero-order valence-electron chi connectivity index (χ0n) is 9.88. The minimum Gasteiger partial charge on any atom is -0.397 e. The van der Waals surface area contributed by atoms with Crippen LogP contribution in [0.3, 0.4) is 0 Å². The summed E-state index contributed by atoms with van der Waals surface area (Å²) in [4.78, 5) is 0.237. The molecular weight excluding hydrogens is 268 g/mol. The van der Waals surface area contributed by atoms with Gasteiger partial charge < -0.3 is 11.1 Å². The number of benzene rings is 1. The first-order valence-electron chi connectivity index (χ1n) is 5.31. The second-order valence-corrected chi connectivity index (χ2v) is 6.80. The predicted molar refractivity (Wildman–Crippen MR) is 75.6 cm³/mol. The van der Waals surface area contributed by atoms with E-state index >= 15 is 0 Å². The molecule has 1 aromatic heterocycles. The molecule has 0 unspecified atom stereocenters. The summed E-state index contributed by atoms with van der Waals surface area (Å²) in [5, 5.41) is 7.24. The average molecular weight is 282 g/mol. The fourth-order valence-electron chi connectivity index (χ4n) is 1.52. The molecule has 0 aliphatic carbocycles. The molecule has 6 heteroatoms. The van der Waals surface area contributed by atoms with E-state index in [9.17, 15) is 8.42 Å². The van der Waals surface area contributed by atoms with Crippen LogP contribution in [0.4, 0.5) is 11.4 Å². The molecule has 0 spiro atoms. The lowest BCUT2D eigenvalue weighted by molar-refractivity contribution is 0.602. The Morgan fingerprint density at radius 1 is 1.33 bits per heavy atom. The topological polar surface area (TPSA) is 72.2 Å². The summed E-state index contributed by atoms with van der Waals surface area (Å²) >= 11 is 1.63. The molecule has 0 fully saturated rings. The Kier molecular flexibility index (Phi) is 3.58. The van der Waals surface area contributed by atoms with E-state index in [0.717, 1.165) is 5.69 Å². The van der Waals surface area contributed by atoms with Gasteiger partial charge in [-0.1, -0.05) is 0 Å². The Bertz CT molecular complexity index is 634. The Hall–Kier alpha value is -1.53. The molecule has 0 amide bonds. The minimum atomic E-state index is -3.21. The summed E-state index contributed by atoms with van der Waals surface area (Å²) in [5.74, 6) is 0. The summed E-state index contributed by atoms with van der Waals surface area (Å²) in [5.41, 5.74) is 8.19. The van der Waals surface area contributed by atoms with E-state index in [2.05, 4.69) is 5.32 Å². The van der Waals surface area contributed by atoms with Gasteiger partial charge in [-0.2, -0.15) is 11.3 Å². The molecule has 1 aromatic carbocycles. The molecule has 0 radical (unpaired) electrons. The number of nitrogen functional groups attached to an aromatic ring is 1. The highest BCUT2D eigenvalue weighted by atomic mass is 32.2. The molecule has 96 valence electrons. The maximum Gasteiger partial charge on any atom is 0.175 e. The number of sulfone groups is 1. The summed E-state index contributed by atoms with van der Waals surface area (Å²) in [6.45, 7) is 0.673. The lowest BCUT2D eigenvalue weighted by atomic mass is 10.2. The zero-order chi connectivity index (χ0) is 13.2. The van der Waals surface area contributed by atoms with Crippen LogP contribution in [0.2, 0.25) is 0 Å². The summed E-state index contributed by atoms with van der Waals surface area (Å²) in [6, 6.07) is 6.75. The fourth-order valence-corrected chi connectivity index (χ4v) is 2.85. The van der Waals surface area contributed by atoms with E-state index in [1.54, 1.807) is 23.5 Å². The van der Waals surface area contributed by atoms with E-state index in [4.69, 9.17) is 5.73 Å². The number of anilines is 2. The predicted octanol–water partition coefficient (Wildman–Crippen LogP) is 2.35. The molecule has 0 bridgehead atoms. The van der Waals surface area contributed by atoms with Crippen LogP contribution in [0.5, 0.6) is 0 Å². The van der Waals surface area contributed by atoms with Gasteiger partial charge in [0.1, 0.15) is 0 Å². The van der Waals surface area contributed by atoms with Gasteiger partial charge in [0.15, 0.2) is 9.84 Å². The number of hydrogen-bond acceptors (Lipinski definition) is 5. The second-order valence-electron chi connectivity index (χ2n) is 4.01. The van der Waals surface area contributed by atoms with Crippen molar-refractivity contribution < 1.29 is 8.42 Å². The minimum absolute atomic E-state index is 0.237. The van der Waals surface area contributed by atoms with Gasteiger partial charge in [-0.25, -0.2) is 8.42 Å². The Labute approximate surface area is 110 Å². The highest BCUT2D eigenvalue weighted by Gasteiger charge is 2.09. The molecular formula is C12H14N2O2S2. The molecule has 2 aromatic rings. The third-order valence-corrected chi connectivity index (χ3v) is 4.36. The summed E-state index contributed by atoms with van der Waals surface area (Å²) in [6.07, 6.45) is 1.17. The van der Waals surface area contributed by atoms with Crippen molar-refractivity contribution in [1.82, 2.24) is 0 Å². The van der Waals surface area contributed by atoms with Crippen LogP contribution in [0, 0.1) is 0 Å². The van der Waals surface area contributed by atoms with Crippen LogP contribution < -0.4 is 11.1 Å². The van der Waals surface area contributed by atoms with E-state index in [0.29, 0.717) is 12.2 Å². The number of nitrogens with two attached hydrogens (primary N) is 1. The van der Waals surface area contributed by atoms with Crippen molar-refractivity contribution in [1.29, 1.82) is 0 Å². The van der Waals surface area contributed by atoms with Crippen LogP contribution in [0.25, 0.3) is 0 Å². The van der Waals surface area contributed by atoms with Crippen LogP contribution in [0.1, 0.15) is 5.56 Å². The molecule has 0 saturated heterocycles. The van der Waals surface area contributed by atoms with Gasteiger partial charge in [-0.05, 0) is 40.6 Å². The van der Waals surface area contributed by atoms with Crippen LogP contribution in [-0.4, -0.2) is 14.7 Å². The van der Waals surface area contributed by atoms with Crippen molar-refractivity contribution in [2.75, 3.05) is 17.3 Å². The quantitative estimate of drug-likeness (QED) is 0.844. The molecule has 3 N–H and O–H groups in total. The number of hydrogen-bond donors (Lipinski definition) is 2.